The third-order valence-corrected chi connectivity index (χ3v) is 6.43. The van der Waals surface area contributed by atoms with Gasteiger partial charge < -0.3 is 47.6 Å². The number of carbonyl (C=O) groups is 5. The lowest BCUT2D eigenvalue weighted by Crippen LogP contribution is -2.60. The molecule has 4 amide bonds. The normalized spacial score (nSPS) is 14.8. The van der Waals surface area contributed by atoms with E-state index in [0.29, 0.717) is 11.3 Å². The van der Waals surface area contributed by atoms with E-state index in [4.69, 9.17) is 11.5 Å². The minimum atomic E-state index is -1.56. The third-order valence-electron chi connectivity index (χ3n) is 6.43. The highest BCUT2D eigenvalue weighted by molar-refractivity contribution is 5.95. The van der Waals surface area contributed by atoms with Crippen LogP contribution in [0.1, 0.15) is 31.0 Å². The summed E-state index contributed by atoms with van der Waals surface area (Å²) in [5.74, 6) is -4.48. The number of H-pyrrole nitrogens is 2. The van der Waals surface area contributed by atoms with Gasteiger partial charge in [0.1, 0.15) is 18.1 Å². The molecule has 0 aliphatic heterocycles. The van der Waals surface area contributed by atoms with E-state index in [1.165, 1.54) is 19.4 Å². The number of aromatic nitrogens is 3. The van der Waals surface area contributed by atoms with Gasteiger partial charge in [0, 0.05) is 48.3 Å². The molecule has 5 unspecified atom stereocenters. The maximum Gasteiger partial charge on any atom is 0.326 e. The van der Waals surface area contributed by atoms with Crippen LogP contribution < -0.4 is 27.4 Å². The van der Waals surface area contributed by atoms with Gasteiger partial charge in [-0.15, -0.1) is 0 Å². The van der Waals surface area contributed by atoms with Crippen LogP contribution in [0.2, 0.25) is 0 Å². The van der Waals surface area contributed by atoms with Gasteiger partial charge in [0.15, 0.2) is 0 Å². The standard InChI is InChI=1S/C26H34N8O7/c1-13(35)22(25(39)33-20(26(40)41)9-15-11-29-12-31-15)34-24(38)19(32-23(37)17(27)6-7-21(28)36)8-14-10-30-18-5-3-2-4-16(14)18/h2-5,10-13,17,19-20,22,30,35H,6-9,27H2,1H3,(H2,28,36)(H,29,31)(H,32,37)(H,33,39)(H,34,38)(H,40,41). The smallest absolute Gasteiger partial charge is 0.326 e. The topological polar surface area (TPSA) is 258 Å². The largest absolute Gasteiger partial charge is 0.480 e. The number of carboxylic acid groups (broad SMARTS) is 1. The molecule has 2 heterocycles. The predicted octanol–water partition coefficient (Wildman–Crippen LogP) is -1.81. The van der Waals surface area contributed by atoms with E-state index in [2.05, 4.69) is 30.9 Å². The van der Waals surface area contributed by atoms with E-state index < -0.39 is 59.9 Å². The minimum absolute atomic E-state index is 0.0180. The molecular weight excluding hydrogens is 536 g/mol. The van der Waals surface area contributed by atoms with Crippen LogP contribution in [0.15, 0.2) is 43.0 Å². The number of aliphatic carboxylic acids is 1. The second-order valence-corrected chi connectivity index (χ2v) is 9.64. The fourth-order valence-corrected chi connectivity index (χ4v) is 4.17. The van der Waals surface area contributed by atoms with E-state index >= 15 is 0 Å². The van der Waals surface area contributed by atoms with E-state index in [1.807, 2.05) is 24.3 Å². The van der Waals surface area contributed by atoms with Crippen molar-refractivity contribution >= 4 is 40.5 Å². The molecule has 0 aliphatic carbocycles. The van der Waals surface area contributed by atoms with E-state index in [1.54, 1.807) is 6.20 Å². The number of aromatic amines is 2. The summed E-state index contributed by atoms with van der Waals surface area (Å²) >= 11 is 0. The summed E-state index contributed by atoms with van der Waals surface area (Å²) < 4.78 is 0. The number of aliphatic hydroxyl groups excluding tert-OH is 1. The summed E-state index contributed by atoms with van der Waals surface area (Å²) in [7, 11) is 0. The Morgan fingerprint density at radius 1 is 0.976 bits per heavy atom. The first-order valence-electron chi connectivity index (χ1n) is 12.8. The first-order chi connectivity index (χ1) is 19.5. The second-order valence-electron chi connectivity index (χ2n) is 9.64. The van der Waals surface area contributed by atoms with Gasteiger partial charge in [-0.2, -0.15) is 0 Å². The van der Waals surface area contributed by atoms with Crippen molar-refractivity contribution in [1.29, 1.82) is 0 Å². The molecule has 0 saturated heterocycles. The third kappa shape index (κ3) is 8.61. The highest BCUT2D eigenvalue weighted by Crippen LogP contribution is 2.19. The predicted molar refractivity (Wildman–Crippen MR) is 146 cm³/mol. The Kier molecular flexibility index (Phi) is 10.5. The van der Waals surface area contributed by atoms with Crippen LogP contribution in [-0.4, -0.2) is 85.0 Å². The van der Waals surface area contributed by atoms with Crippen molar-refractivity contribution in [3.63, 3.8) is 0 Å². The van der Waals surface area contributed by atoms with Crippen molar-refractivity contribution in [3.05, 3.63) is 54.2 Å². The molecule has 220 valence electrons. The summed E-state index contributed by atoms with van der Waals surface area (Å²) in [6.07, 6.45) is 2.69. The molecule has 0 fully saturated rings. The molecule has 15 nitrogen and oxygen atoms in total. The van der Waals surface area contributed by atoms with Gasteiger partial charge in [-0.25, -0.2) is 9.78 Å². The SMILES string of the molecule is CC(O)C(NC(=O)C(Cc1c[nH]c2ccccc12)NC(=O)C(N)CCC(N)=O)C(=O)NC(Cc1cnc[nH]1)C(=O)O. The number of carboxylic acids is 1. The zero-order chi connectivity index (χ0) is 30.1. The summed E-state index contributed by atoms with van der Waals surface area (Å²) in [4.78, 5) is 71.8. The number of para-hydroxylation sites is 1. The molecule has 0 spiro atoms. The quantitative estimate of drug-likeness (QED) is 0.0995. The van der Waals surface area contributed by atoms with E-state index in [0.717, 1.165) is 10.9 Å². The van der Waals surface area contributed by atoms with Crippen molar-refractivity contribution in [1.82, 2.24) is 30.9 Å². The van der Waals surface area contributed by atoms with Crippen LogP contribution in [-0.2, 0) is 36.8 Å². The molecule has 41 heavy (non-hydrogen) atoms. The van der Waals surface area contributed by atoms with Crippen molar-refractivity contribution in [2.45, 2.75) is 62.9 Å². The molecule has 0 radical (unpaired) electrons. The molecule has 2 aromatic heterocycles. The molecule has 1 aromatic carbocycles. The number of hydrogen-bond acceptors (Lipinski definition) is 8. The van der Waals surface area contributed by atoms with Crippen molar-refractivity contribution < 1.29 is 34.2 Å². The number of carbonyl (C=O) groups excluding carboxylic acids is 4. The lowest BCUT2D eigenvalue weighted by atomic mass is 10.0. The highest BCUT2D eigenvalue weighted by Gasteiger charge is 2.33. The number of benzene rings is 1. The van der Waals surface area contributed by atoms with Crippen molar-refractivity contribution in [2.24, 2.45) is 11.5 Å². The first-order valence-corrected chi connectivity index (χ1v) is 12.8. The number of fused-ring (bicyclic) bond motifs is 1. The van der Waals surface area contributed by atoms with Crippen LogP contribution in [0.3, 0.4) is 0 Å². The Morgan fingerprint density at radius 2 is 1.68 bits per heavy atom. The zero-order valence-electron chi connectivity index (χ0n) is 22.3. The van der Waals surface area contributed by atoms with Crippen molar-refractivity contribution in [2.75, 3.05) is 0 Å². The van der Waals surface area contributed by atoms with Gasteiger partial charge in [0.25, 0.3) is 0 Å². The van der Waals surface area contributed by atoms with Gasteiger partial charge in [-0.1, -0.05) is 18.2 Å². The Labute approximate surface area is 234 Å². The monoisotopic (exact) mass is 570 g/mol. The Balaban J connectivity index is 1.79. The number of aliphatic hydroxyl groups is 1. The van der Waals surface area contributed by atoms with Crippen LogP contribution in [0.25, 0.3) is 10.9 Å². The lowest BCUT2D eigenvalue weighted by Gasteiger charge is -2.26. The summed E-state index contributed by atoms with van der Waals surface area (Å²) in [6, 6.07) is 1.96. The number of primary amides is 1. The number of nitrogens with one attached hydrogen (secondary N) is 5. The summed E-state index contributed by atoms with van der Waals surface area (Å²) in [5.41, 5.74) is 12.9. The van der Waals surface area contributed by atoms with Crippen molar-refractivity contribution in [3.8, 4) is 0 Å². The number of imidazole rings is 1. The molecule has 11 N–H and O–H groups in total. The highest BCUT2D eigenvalue weighted by atomic mass is 16.4. The molecule has 3 aromatic rings. The molecule has 0 saturated carbocycles. The van der Waals surface area contributed by atoms with Gasteiger partial charge in [-0.3, -0.25) is 19.2 Å². The lowest BCUT2D eigenvalue weighted by molar-refractivity contribution is -0.143. The number of nitrogens with zero attached hydrogens (tertiary/aromatic N) is 1. The molecule has 0 bridgehead atoms. The fourth-order valence-electron chi connectivity index (χ4n) is 4.17. The van der Waals surface area contributed by atoms with Gasteiger partial charge in [-0.05, 0) is 25.0 Å². The van der Waals surface area contributed by atoms with E-state index in [-0.39, 0.29) is 25.7 Å². The Morgan fingerprint density at radius 3 is 2.32 bits per heavy atom. The Bertz CT molecular complexity index is 1370. The van der Waals surface area contributed by atoms with Crippen LogP contribution in [0.5, 0.6) is 0 Å². The number of rotatable bonds is 15. The fraction of sp³-hybridized carbons (Fsp3) is 0.385. The molecule has 15 heteroatoms. The van der Waals surface area contributed by atoms with Gasteiger partial charge in [0.05, 0.1) is 18.5 Å². The molecule has 5 atom stereocenters. The molecule has 0 aliphatic rings. The zero-order valence-corrected chi connectivity index (χ0v) is 22.3. The average Bonchev–Trinajstić information content (AvgIpc) is 3.59. The van der Waals surface area contributed by atoms with Crippen LogP contribution in [0, 0.1) is 0 Å². The molecule has 3 rings (SSSR count). The average molecular weight is 571 g/mol. The minimum Gasteiger partial charge on any atom is -0.480 e. The van der Waals surface area contributed by atoms with E-state index in [9.17, 15) is 34.2 Å². The molecular formula is C26H34N8O7. The van der Waals surface area contributed by atoms with Gasteiger partial charge in [0.2, 0.25) is 23.6 Å². The first kappa shape index (κ1) is 30.8. The maximum absolute atomic E-state index is 13.5. The van der Waals surface area contributed by atoms with Gasteiger partial charge >= 0.3 is 5.97 Å². The maximum atomic E-state index is 13.5. The number of amides is 4. The Hall–Kier alpha value is -4.76. The number of nitrogens with two attached hydrogens (primary N) is 2. The van der Waals surface area contributed by atoms with Crippen LogP contribution >= 0.6 is 0 Å². The van der Waals surface area contributed by atoms with Crippen LogP contribution in [0.4, 0.5) is 0 Å². The summed E-state index contributed by atoms with van der Waals surface area (Å²) in [6.45, 7) is 1.25. The number of hydrogen-bond donors (Lipinski definition) is 9. The summed E-state index contributed by atoms with van der Waals surface area (Å²) in [5, 5.41) is 28.0. The second kappa shape index (κ2) is 14.0.